The van der Waals surface area contributed by atoms with Crippen molar-refractivity contribution in [2.45, 2.75) is 167 Å². The molecule has 0 unspecified atom stereocenters. The number of unbranched alkanes of at least 4 members (excludes halogenated alkanes) is 3. The largest absolute Gasteiger partial charge is 0.458 e. The highest BCUT2D eigenvalue weighted by molar-refractivity contribution is 5.93. The van der Waals surface area contributed by atoms with Crippen molar-refractivity contribution in [1.29, 1.82) is 0 Å². The van der Waals surface area contributed by atoms with Crippen molar-refractivity contribution in [3.05, 3.63) is 109 Å². The summed E-state index contributed by atoms with van der Waals surface area (Å²) in [6, 6.07) is 16.4. The van der Waals surface area contributed by atoms with Crippen molar-refractivity contribution in [3.63, 3.8) is 0 Å². The van der Waals surface area contributed by atoms with Crippen LogP contribution in [0.5, 0.6) is 5.75 Å². The quantitative estimate of drug-likeness (QED) is 0.0773. The molecule has 2 aromatic carbocycles. The van der Waals surface area contributed by atoms with Crippen LogP contribution in [0.4, 0.5) is 10.5 Å². The number of ether oxygens (including phenoxy) is 3. The summed E-state index contributed by atoms with van der Waals surface area (Å²) in [6.45, 7) is 14.9. The first-order chi connectivity index (χ1) is 38.7. The van der Waals surface area contributed by atoms with Gasteiger partial charge in [0.1, 0.15) is 12.4 Å². The van der Waals surface area contributed by atoms with Gasteiger partial charge in [-0.2, -0.15) is 0 Å². The Morgan fingerprint density at radius 2 is 1.68 bits per heavy atom. The molecule has 0 radical (unpaired) electrons. The number of esters is 2. The molecule has 1 N–H and O–H groups in total. The van der Waals surface area contributed by atoms with Gasteiger partial charge in [-0.1, -0.05) is 44.4 Å². The van der Waals surface area contributed by atoms with Crippen molar-refractivity contribution >= 4 is 46.2 Å². The lowest BCUT2D eigenvalue weighted by Gasteiger charge is -2.55. The molecule has 16 nitrogen and oxygen atoms in total. The van der Waals surface area contributed by atoms with E-state index in [1.807, 2.05) is 42.1 Å². The first-order valence-corrected chi connectivity index (χ1v) is 29.6. The Morgan fingerprint density at radius 3 is 2.41 bits per heavy atom. The number of fused-ring (bicyclic) bond motifs is 9. The van der Waals surface area contributed by atoms with Crippen molar-refractivity contribution in [2.24, 2.45) is 17.3 Å². The third-order valence-electron chi connectivity index (χ3n) is 19.9. The average Bonchev–Trinajstić information content (AvgIpc) is 3.99. The van der Waals surface area contributed by atoms with Crippen LogP contribution in [0.25, 0.3) is 22.3 Å². The summed E-state index contributed by atoms with van der Waals surface area (Å²) in [5, 5.41) is 12.2. The molecule has 3 aliphatic heterocycles. The molecule has 2 saturated carbocycles. The fourth-order valence-corrected chi connectivity index (χ4v) is 15.7. The summed E-state index contributed by atoms with van der Waals surface area (Å²) in [7, 11) is 6.08. The molecule has 8 atom stereocenters. The Kier molecular flexibility index (Phi) is 15.1. The molecular weight excluding hydrogens is 1020 g/mol. The molecular formula is C65H80N6O10. The van der Waals surface area contributed by atoms with Crippen LogP contribution in [-0.2, 0) is 53.9 Å². The topological polar surface area (TPSA) is 181 Å². The van der Waals surface area contributed by atoms with Gasteiger partial charge in [0.15, 0.2) is 22.8 Å². The van der Waals surface area contributed by atoms with Crippen molar-refractivity contribution in [2.75, 3.05) is 52.2 Å². The number of cyclic esters (lactones) is 1. The lowest BCUT2D eigenvalue weighted by atomic mass is 9.50. The van der Waals surface area contributed by atoms with Crippen LogP contribution in [0.15, 0.2) is 76.1 Å². The van der Waals surface area contributed by atoms with Gasteiger partial charge in [-0.3, -0.25) is 24.1 Å². The summed E-state index contributed by atoms with van der Waals surface area (Å²) in [4.78, 5) is 93.3. The molecule has 3 fully saturated rings. The minimum Gasteiger partial charge on any atom is -0.458 e. The maximum Gasteiger partial charge on any atom is 0.415 e. The number of benzene rings is 2. The SMILES string of the molecule is CC[C@@]1(O)C(=O)OCc2c1cc1n(c2=O)Cc2cc3c(CN(C)C)c(OC(=O)N4C[C@@H](C)N(CCCCCCN(C)c5ccc([C@H]6C[C@@]7(C)[C@@H](CC[C@]7(OC(C)=O)C(C)=O)[C@@H]7CCC8=CC(=O)CCC8=C76)cc5)C[C@@H]4C)ccc3nc2-1. The number of Topliss-reactive ketones (excluding diaryl/α,β-unsaturated/α-hetero) is 1. The van der Waals surface area contributed by atoms with Gasteiger partial charge in [-0.15, -0.1) is 0 Å². The zero-order valence-electron chi connectivity index (χ0n) is 48.8. The molecule has 16 heteroatoms. The Labute approximate surface area is 475 Å². The minimum absolute atomic E-state index is 0.0539. The van der Waals surface area contributed by atoms with E-state index in [1.54, 1.807) is 30.5 Å². The smallest absolute Gasteiger partial charge is 0.415 e. The second kappa shape index (κ2) is 21.7. The Morgan fingerprint density at radius 1 is 0.914 bits per heavy atom. The monoisotopic (exact) mass is 1100 g/mol. The summed E-state index contributed by atoms with van der Waals surface area (Å²) in [5.74, 6) is -0.0102. The number of aromatic nitrogens is 2. The van der Waals surface area contributed by atoms with Crippen LogP contribution < -0.4 is 15.2 Å². The molecule has 2 aromatic heterocycles. The first kappa shape index (κ1) is 56.4. The zero-order chi connectivity index (χ0) is 57.4. The number of hydrogen-bond acceptors (Lipinski definition) is 14. The predicted molar refractivity (Wildman–Crippen MR) is 309 cm³/mol. The number of anilines is 1. The fraction of sp³-hybridized carbons (Fsp3) is 0.554. The molecule has 4 aromatic rings. The number of aliphatic hydroxyl groups is 1. The first-order valence-electron chi connectivity index (χ1n) is 29.6. The number of hydrogen-bond donors (Lipinski definition) is 1. The summed E-state index contributed by atoms with van der Waals surface area (Å²) in [5.41, 5.74) is 6.48. The maximum atomic E-state index is 14.1. The molecule has 1 saturated heterocycles. The van der Waals surface area contributed by atoms with Crippen molar-refractivity contribution in [3.8, 4) is 17.1 Å². The van der Waals surface area contributed by atoms with E-state index in [2.05, 4.69) is 61.9 Å². The number of rotatable bonds is 15. The number of pyridine rings is 2. The van der Waals surface area contributed by atoms with Gasteiger partial charge in [0.05, 0.1) is 29.0 Å². The van der Waals surface area contributed by atoms with Crippen LogP contribution in [0.3, 0.4) is 0 Å². The lowest BCUT2D eigenvalue weighted by molar-refractivity contribution is -0.182. The van der Waals surface area contributed by atoms with Gasteiger partial charge < -0.3 is 38.6 Å². The van der Waals surface area contributed by atoms with E-state index >= 15 is 0 Å². The van der Waals surface area contributed by atoms with E-state index < -0.39 is 34.6 Å². The van der Waals surface area contributed by atoms with E-state index in [1.165, 1.54) is 29.2 Å². The van der Waals surface area contributed by atoms with Gasteiger partial charge in [0, 0.05) is 97.8 Å². The van der Waals surface area contributed by atoms with Gasteiger partial charge in [0.25, 0.3) is 5.56 Å². The second-order valence-corrected chi connectivity index (χ2v) is 25.1. The number of ketones is 2. The summed E-state index contributed by atoms with van der Waals surface area (Å²) < 4.78 is 19.3. The maximum absolute atomic E-state index is 14.1. The van der Waals surface area contributed by atoms with Crippen LogP contribution >= 0.6 is 0 Å². The Bertz CT molecular complexity index is 3360. The number of allylic oxidation sites excluding steroid dienone is 4. The van der Waals surface area contributed by atoms with E-state index in [9.17, 15) is 33.9 Å². The van der Waals surface area contributed by atoms with Crippen LogP contribution in [0, 0.1) is 17.3 Å². The van der Waals surface area contributed by atoms with E-state index in [-0.39, 0.29) is 77.7 Å². The van der Waals surface area contributed by atoms with Crippen LogP contribution in [0.2, 0.25) is 0 Å². The zero-order valence-corrected chi connectivity index (χ0v) is 48.8. The van der Waals surface area contributed by atoms with Gasteiger partial charge in [-0.25, -0.2) is 14.6 Å². The fourth-order valence-electron chi connectivity index (χ4n) is 15.7. The van der Waals surface area contributed by atoms with Crippen LogP contribution in [-0.4, -0.2) is 124 Å². The van der Waals surface area contributed by atoms with Crippen LogP contribution in [0.1, 0.15) is 152 Å². The number of carbonyl (C=O) groups excluding carboxylic acids is 5. The molecule has 430 valence electrons. The highest BCUT2D eigenvalue weighted by atomic mass is 16.6. The molecule has 0 spiro atoms. The molecule has 1 amide bonds. The molecule has 11 rings (SSSR count). The molecule has 4 aliphatic carbocycles. The summed E-state index contributed by atoms with van der Waals surface area (Å²) in [6.07, 6.45) is 11.1. The van der Waals surface area contributed by atoms with E-state index in [0.717, 1.165) is 93.2 Å². The molecule has 7 aliphatic rings. The predicted octanol–water partition coefficient (Wildman–Crippen LogP) is 9.52. The van der Waals surface area contributed by atoms with Crippen molar-refractivity contribution < 1.29 is 43.3 Å². The minimum atomic E-state index is -1.91. The highest BCUT2D eigenvalue weighted by Gasteiger charge is 2.67. The third kappa shape index (κ3) is 9.73. The number of amides is 1. The number of carbonyl (C=O) groups is 5. The van der Waals surface area contributed by atoms with E-state index in [0.29, 0.717) is 55.0 Å². The lowest BCUT2D eigenvalue weighted by Crippen LogP contribution is -2.58. The van der Waals surface area contributed by atoms with Crippen molar-refractivity contribution in [1.82, 2.24) is 24.3 Å². The standard InChI is InChI=1S/C65H80N6O10/c1-10-64(78)54-31-56-59-44(35-71(56)60(75)52(54)37-79-61(64)76)30-49-51(36-67(7)8)57(24-23-55(49)66-59)80-62(77)70-34-38(2)69(33-39(70)3)28-14-12-11-13-27-68(9)45-18-15-42(16-19-45)50-32-63(6)53(25-26-65(63,40(4)72)81-41(5)73)48-21-17-43-29-46(74)20-22-47(43)58(48)50/h15-16,18-19,23-24,29-31,38-39,48,50,53,78H,10-14,17,20-22,25-28,32-37H2,1-9H3/t38-,39+,48+,50-,53+,63+,64+,65+/m1/s1. The normalized spacial score (nSPS) is 27.7. The van der Waals surface area contributed by atoms with Gasteiger partial charge in [0.2, 0.25) is 0 Å². The number of nitrogens with zero attached hydrogens (tertiary/aromatic N) is 6. The van der Waals surface area contributed by atoms with Gasteiger partial charge >= 0.3 is 18.0 Å². The average molecular weight is 1110 g/mol. The number of piperazine rings is 1. The molecule has 5 heterocycles. The van der Waals surface area contributed by atoms with E-state index in [4.69, 9.17) is 19.2 Å². The highest BCUT2D eigenvalue weighted by Crippen LogP contribution is 2.68. The molecule has 0 bridgehead atoms. The second-order valence-electron chi connectivity index (χ2n) is 25.1. The Balaban J connectivity index is 0.693. The third-order valence-corrected chi connectivity index (χ3v) is 19.9. The van der Waals surface area contributed by atoms with Gasteiger partial charge in [-0.05, 0) is 170 Å². The summed E-state index contributed by atoms with van der Waals surface area (Å²) >= 11 is 0. The Hall–Kier alpha value is -6.49. The molecule has 81 heavy (non-hydrogen) atoms.